The average Bonchev–Trinajstić information content (AvgIpc) is 2.93. The third-order valence-corrected chi connectivity index (χ3v) is 4.69. The molecule has 0 bridgehead atoms. The fourth-order valence-electron chi connectivity index (χ4n) is 3.34. The number of piperidine rings is 1. The van der Waals surface area contributed by atoms with Crippen LogP contribution in [0.3, 0.4) is 0 Å². The number of hydrogen-bond acceptors (Lipinski definition) is 2. The van der Waals surface area contributed by atoms with E-state index in [9.17, 15) is 4.39 Å². The number of nitrogens with zero attached hydrogens (tertiary/aromatic N) is 3. The number of rotatable bonds is 3. The Morgan fingerprint density at radius 3 is 2.62 bits per heavy atom. The molecule has 0 unspecified atom stereocenters. The van der Waals surface area contributed by atoms with Crippen molar-refractivity contribution in [3.63, 3.8) is 0 Å². The van der Waals surface area contributed by atoms with E-state index in [1.54, 1.807) is 12.1 Å². The highest BCUT2D eigenvalue weighted by atomic mass is 19.1. The molecule has 1 aromatic carbocycles. The van der Waals surface area contributed by atoms with Crippen LogP contribution in [0.5, 0.6) is 0 Å². The Labute approximate surface area is 125 Å². The van der Waals surface area contributed by atoms with Crippen LogP contribution in [0.15, 0.2) is 36.5 Å². The molecule has 3 rings (SSSR count). The van der Waals surface area contributed by atoms with E-state index in [4.69, 9.17) is 0 Å². The van der Waals surface area contributed by atoms with Gasteiger partial charge in [-0.15, -0.1) is 0 Å². The summed E-state index contributed by atoms with van der Waals surface area (Å²) in [6, 6.07) is 9.36. The first-order chi connectivity index (χ1) is 10.1. The molecule has 0 aliphatic carbocycles. The lowest BCUT2D eigenvalue weighted by molar-refractivity contribution is 0.160. The van der Waals surface area contributed by atoms with Crippen molar-refractivity contribution in [3.05, 3.63) is 53.6 Å². The van der Waals surface area contributed by atoms with E-state index in [0.717, 1.165) is 31.5 Å². The molecule has 1 saturated heterocycles. The number of aryl methyl sites for hydroxylation is 1. The molecule has 4 heteroatoms. The molecule has 112 valence electrons. The van der Waals surface area contributed by atoms with Crippen LogP contribution in [0.25, 0.3) is 0 Å². The van der Waals surface area contributed by atoms with Crippen LogP contribution >= 0.6 is 0 Å². The Bertz CT molecular complexity index is 600. The largest absolute Gasteiger partial charge is 0.297 e. The van der Waals surface area contributed by atoms with Gasteiger partial charge in [-0.05, 0) is 56.6 Å². The molecular weight excluding hydrogens is 265 g/mol. The van der Waals surface area contributed by atoms with Crippen LogP contribution in [0.1, 0.15) is 43.0 Å². The van der Waals surface area contributed by atoms with Crippen molar-refractivity contribution in [1.29, 1.82) is 0 Å². The number of benzene rings is 1. The molecule has 0 saturated carbocycles. The van der Waals surface area contributed by atoms with Gasteiger partial charge in [0.25, 0.3) is 0 Å². The molecule has 1 fully saturated rings. The molecular formula is C17H22FN3. The molecule has 1 aromatic heterocycles. The van der Waals surface area contributed by atoms with Crippen molar-refractivity contribution in [2.45, 2.75) is 31.7 Å². The summed E-state index contributed by atoms with van der Waals surface area (Å²) in [6.07, 6.45) is 4.15. The second-order valence-corrected chi connectivity index (χ2v) is 5.92. The highest BCUT2D eigenvalue weighted by Gasteiger charge is 2.25. The van der Waals surface area contributed by atoms with Crippen LogP contribution in [0.4, 0.5) is 4.39 Å². The van der Waals surface area contributed by atoms with Crippen LogP contribution in [-0.2, 0) is 7.05 Å². The lowest BCUT2D eigenvalue weighted by Gasteiger charge is -2.36. The standard InChI is InChI=1S/C17H22FN3/c1-13(15-4-3-5-16(18)12-15)21-10-7-14(8-11-21)17-6-9-19-20(17)2/h3-6,9,12-14H,7-8,10-11H2,1-2H3/t13-/m0/s1. The van der Waals surface area contributed by atoms with Crippen LogP contribution in [-0.4, -0.2) is 27.8 Å². The Hall–Kier alpha value is -1.68. The molecule has 0 N–H and O–H groups in total. The summed E-state index contributed by atoms with van der Waals surface area (Å²) in [5.74, 6) is 0.442. The molecule has 0 spiro atoms. The van der Waals surface area contributed by atoms with Crippen molar-refractivity contribution in [3.8, 4) is 0 Å². The summed E-state index contributed by atoms with van der Waals surface area (Å²) >= 11 is 0. The zero-order chi connectivity index (χ0) is 14.8. The van der Waals surface area contributed by atoms with E-state index < -0.39 is 0 Å². The molecule has 2 aromatic rings. The third kappa shape index (κ3) is 3.00. The summed E-state index contributed by atoms with van der Waals surface area (Å²) in [6.45, 7) is 4.26. The number of hydrogen-bond donors (Lipinski definition) is 0. The molecule has 0 amide bonds. The quantitative estimate of drug-likeness (QED) is 0.861. The second-order valence-electron chi connectivity index (χ2n) is 5.92. The van der Waals surface area contributed by atoms with Gasteiger partial charge in [-0.2, -0.15) is 5.10 Å². The first-order valence-electron chi connectivity index (χ1n) is 7.62. The van der Waals surface area contributed by atoms with Gasteiger partial charge in [-0.25, -0.2) is 4.39 Å². The maximum Gasteiger partial charge on any atom is 0.123 e. The number of halogens is 1. The third-order valence-electron chi connectivity index (χ3n) is 4.69. The SMILES string of the molecule is C[C@@H](c1cccc(F)c1)N1CCC(c2ccnn2C)CC1. The van der Waals surface area contributed by atoms with E-state index >= 15 is 0 Å². The molecule has 1 atom stereocenters. The van der Waals surface area contributed by atoms with E-state index in [-0.39, 0.29) is 11.9 Å². The number of aromatic nitrogens is 2. The maximum absolute atomic E-state index is 13.4. The minimum absolute atomic E-state index is 0.149. The van der Waals surface area contributed by atoms with Gasteiger partial charge in [0, 0.05) is 30.9 Å². The highest BCUT2D eigenvalue weighted by Crippen LogP contribution is 2.31. The predicted octanol–water partition coefficient (Wildman–Crippen LogP) is 3.50. The molecule has 1 aliphatic rings. The fraction of sp³-hybridized carbons (Fsp3) is 0.471. The zero-order valence-corrected chi connectivity index (χ0v) is 12.7. The number of likely N-dealkylation sites (tertiary alicyclic amines) is 1. The van der Waals surface area contributed by atoms with Gasteiger partial charge in [0.1, 0.15) is 5.82 Å². The molecule has 2 heterocycles. The molecule has 0 radical (unpaired) electrons. The van der Waals surface area contributed by atoms with Gasteiger partial charge in [-0.1, -0.05) is 12.1 Å². The smallest absolute Gasteiger partial charge is 0.123 e. The van der Waals surface area contributed by atoms with Gasteiger partial charge in [0.15, 0.2) is 0 Å². The topological polar surface area (TPSA) is 21.1 Å². The van der Waals surface area contributed by atoms with E-state index in [1.807, 2.05) is 24.0 Å². The summed E-state index contributed by atoms with van der Waals surface area (Å²) < 4.78 is 15.3. The van der Waals surface area contributed by atoms with E-state index in [1.165, 1.54) is 11.8 Å². The lowest BCUT2D eigenvalue weighted by atomic mass is 9.92. The van der Waals surface area contributed by atoms with Crippen LogP contribution in [0, 0.1) is 5.82 Å². The van der Waals surface area contributed by atoms with Gasteiger partial charge in [0.2, 0.25) is 0 Å². The fourth-order valence-corrected chi connectivity index (χ4v) is 3.34. The molecule has 1 aliphatic heterocycles. The van der Waals surface area contributed by atoms with Crippen LogP contribution < -0.4 is 0 Å². The van der Waals surface area contributed by atoms with Gasteiger partial charge < -0.3 is 0 Å². The van der Waals surface area contributed by atoms with E-state index in [0.29, 0.717) is 5.92 Å². The Morgan fingerprint density at radius 1 is 1.24 bits per heavy atom. The Balaban J connectivity index is 1.64. The first-order valence-corrected chi connectivity index (χ1v) is 7.62. The lowest BCUT2D eigenvalue weighted by Crippen LogP contribution is -2.35. The van der Waals surface area contributed by atoms with Crippen molar-refractivity contribution < 1.29 is 4.39 Å². The molecule has 3 nitrogen and oxygen atoms in total. The first kappa shape index (κ1) is 14.3. The van der Waals surface area contributed by atoms with Gasteiger partial charge in [-0.3, -0.25) is 9.58 Å². The van der Waals surface area contributed by atoms with Crippen molar-refractivity contribution in [1.82, 2.24) is 14.7 Å². The van der Waals surface area contributed by atoms with Crippen molar-refractivity contribution >= 4 is 0 Å². The summed E-state index contributed by atoms with van der Waals surface area (Å²) in [5, 5.41) is 4.26. The predicted molar refractivity (Wildman–Crippen MR) is 81.6 cm³/mol. The van der Waals surface area contributed by atoms with Crippen molar-refractivity contribution in [2.24, 2.45) is 7.05 Å². The second kappa shape index (κ2) is 5.98. The van der Waals surface area contributed by atoms with Crippen LogP contribution in [0.2, 0.25) is 0 Å². The monoisotopic (exact) mass is 287 g/mol. The average molecular weight is 287 g/mol. The minimum Gasteiger partial charge on any atom is -0.297 e. The summed E-state index contributed by atoms with van der Waals surface area (Å²) in [7, 11) is 2.01. The van der Waals surface area contributed by atoms with Crippen molar-refractivity contribution in [2.75, 3.05) is 13.1 Å². The Morgan fingerprint density at radius 2 is 2.00 bits per heavy atom. The minimum atomic E-state index is -0.149. The molecule has 21 heavy (non-hydrogen) atoms. The highest BCUT2D eigenvalue weighted by molar-refractivity contribution is 5.20. The zero-order valence-electron chi connectivity index (χ0n) is 12.7. The Kier molecular flexibility index (Phi) is 4.06. The summed E-state index contributed by atoms with van der Waals surface area (Å²) in [4.78, 5) is 2.45. The van der Waals surface area contributed by atoms with Gasteiger partial charge in [0.05, 0.1) is 0 Å². The maximum atomic E-state index is 13.4. The van der Waals surface area contributed by atoms with E-state index in [2.05, 4.69) is 23.0 Å². The van der Waals surface area contributed by atoms with Gasteiger partial charge >= 0.3 is 0 Å². The normalized spacial score (nSPS) is 18.8. The summed E-state index contributed by atoms with van der Waals surface area (Å²) in [5.41, 5.74) is 2.39.